The molecule has 0 saturated carbocycles. The summed E-state index contributed by atoms with van der Waals surface area (Å²) in [7, 11) is 3.13. The Morgan fingerprint density at radius 3 is 2.47 bits per heavy atom. The maximum Gasteiger partial charge on any atom is 0.306 e. The normalized spacial score (nSPS) is 13.4. The molecule has 30 heavy (non-hydrogen) atoms. The third-order valence-corrected chi connectivity index (χ3v) is 5.15. The van der Waals surface area contributed by atoms with Gasteiger partial charge in [0.15, 0.2) is 18.1 Å². The second-order valence-corrected chi connectivity index (χ2v) is 7.00. The van der Waals surface area contributed by atoms with E-state index >= 15 is 0 Å². The zero-order valence-electron chi connectivity index (χ0n) is 17.4. The molecule has 0 saturated heterocycles. The first-order chi connectivity index (χ1) is 14.6. The number of aryl methyl sites for hydroxylation is 1. The number of hydrogen-bond acceptors (Lipinski definition) is 5. The van der Waals surface area contributed by atoms with Gasteiger partial charge in [-0.3, -0.25) is 9.59 Å². The lowest BCUT2D eigenvalue weighted by atomic mass is 10.00. The van der Waals surface area contributed by atoms with E-state index in [-0.39, 0.29) is 18.9 Å². The van der Waals surface area contributed by atoms with Crippen molar-refractivity contribution in [2.45, 2.75) is 19.3 Å². The van der Waals surface area contributed by atoms with Crippen LogP contribution >= 0.6 is 0 Å². The molecule has 1 amide bonds. The van der Waals surface area contributed by atoms with E-state index in [0.29, 0.717) is 31.0 Å². The zero-order valence-corrected chi connectivity index (χ0v) is 17.4. The molecule has 0 bridgehead atoms. The summed E-state index contributed by atoms with van der Waals surface area (Å²) in [6, 6.07) is 15.7. The van der Waals surface area contributed by atoms with Crippen LogP contribution in [0.1, 0.15) is 24.0 Å². The molecule has 6 nitrogen and oxygen atoms in total. The molecule has 2 aromatic carbocycles. The van der Waals surface area contributed by atoms with Crippen LogP contribution in [-0.4, -0.2) is 50.7 Å². The van der Waals surface area contributed by atoms with Crippen molar-refractivity contribution in [3.8, 4) is 11.5 Å². The third kappa shape index (κ3) is 5.41. The number of esters is 1. The smallest absolute Gasteiger partial charge is 0.306 e. The highest BCUT2D eigenvalue weighted by Crippen LogP contribution is 2.31. The van der Waals surface area contributed by atoms with Gasteiger partial charge in [-0.05, 0) is 35.6 Å². The van der Waals surface area contributed by atoms with E-state index in [1.807, 2.05) is 30.3 Å². The number of benzene rings is 2. The number of hydrogen-bond donors (Lipinski definition) is 0. The maximum absolute atomic E-state index is 12.4. The summed E-state index contributed by atoms with van der Waals surface area (Å²) in [6.45, 7) is 0.919. The standard InChI is InChI=1S/C24H27NO5/c1-28-21-10-6-9-20(24(21)29-2)11-12-23(27)30-17-22(26)25-15-13-19(14-16-25)18-7-4-3-5-8-18/h3-10,13H,11-12,14-17H2,1-2H3. The van der Waals surface area contributed by atoms with Crippen molar-refractivity contribution in [3.05, 3.63) is 65.7 Å². The minimum atomic E-state index is -0.411. The molecule has 0 unspecified atom stereocenters. The van der Waals surface area contributed by atoms with Crippen molar-refractivity contribution >= 4 is 17.4 Å². The van der Waals surface area contributed by atoms with Crippen LogP contribution in [0, 0.1) is 0 Å². The Kier molecular flexibility index (Phi) is 7.49. The molecule has 3 rings (SSSR count). The van der Waals surface area contributed by atoms with Crippen molar-refractivity contribution < 1.29 is 23.8 Å². The highest BCUT2D eigenvalue weighted by atomic mass is 16.5. The summed E-state index contributed by atoms with van der Waals surface area (Å²) in [5.74, 6) is 0.640. The number of amides is 1. The second-order valence-electron chi connectivity index (χ2n) is 7.00. The summed E-state index contributed by atoms with van der Waals surface area (Å²) < 4.78 is 15.8. The Hall–Kier alpha value is -3.28. The van der Waals surface area contributed by atoms with Crippen LogP contribution in [-0.2, 0) is 20.7 Å². The Balaban J connectivity index is 1.45. The molecule has 0 spiro atoms. The Morgan fingerprint density at radius 2 is 1.80 bits per heavy atom. The number of methoxy groups -OCH3 is 2. The molecule has 0 radical (unpaired) electrons. The molecular weight excluding hydrogens is 382 g/mol. The van der Waals surface area contributed by atoms with Gasteiger partial charge in [0.1, 0.15) is 0 Å². The lowest BCUT2D eigenvalue weighted by Gasteiger charge is -2.26. The van der Waals surface area contributed by atoms with Crippen LogP contribution in [0.15, 0.2) is 54.6 Å². The van der Waals surface area contributed by atoms with Crippen molar-refractivity contribution in [1.82, 2.24) is 4.90 Å². The van der Waals surface area contributed by atoms with Crippen LogP contribution in [0.4, 0.5) is 0 Å². The van der Waals surface area contributed by atoms with Gasteiger partial charge in [0, 0.05) is 19.5 Å². The maximum atomic E-state index is 12.4. The number of ether oxygens (including phenoxy) is 3. The Labute approximate surface area is 177 Å². The molecule has 158 valence electrons. The molecule has 0 fully saturated rings. The van der Waals surface area contributed by atoms with Crippen LogP contribution in [0.3, 0.4) is 0 Å². The fourth-order valence-electron chi connectivity index (χ4n) is 3.50. The van der Waals surface area contributed by atoms with E-state index in [0.717, 1.165) is 12.0 Å². The SMILES string of the molecule is COc1cccc(CCC(=O)OCC(=O)N2CC=C(c3ccccc3)CC2)c1OC. The number of nitrogens with zero attached hydrogens (tertiary/aromatic N) is 1. The van der Waals surface area contributed by atoms with Crippen LogP contribution in [0.2, 0.25) is 0 Å². The summed E-state index contributed by atoms with van der Waals surface area (Å²) in [5, 5.41) is 0. The first kappa shape index (κ1) is 21.4. The van der Waals surface area contributed by atoms with Gasteiger partial charge < -0.3 is 19.1 Å². The van der Waals surface area contributed by atoms with Crippen molar-refractivity contribution in [2.75, 3.05) is 33.9 Å². The fraction of sp³-hybridized carbons (Fsp3) is 0.333. The number of carbonyl (C=O) groups excluding carboxylic acids is 2. The predicted molar refractivity (Wildman–Crippen MR) is 114 cm³/mol. The summed E-state index contributed by atoms with van der Waals surface area (Å²) in [4.78, 5) is 26.2. The molecule has 2 aromatic rings. The molecule has 0 N–H and O–H groups in total. The summed E-state index contributed by atoms with van der Waals surface area (Å²) in [5.41, 5.74) is 3.28. The number of para-hydroxylation sites is 1. The van der Waals surface area contributed by atoms with E-state index < -0.39 is 5.97 Å². The van der Waals surface area contributed by atoms with Gasteiger partial charge in [0.2, 0.25) is 0 Å². The molecule has 1 aliphatic heterocycles. The van der Waals surface area contributed by atoms with Crippen molar-refractivity contribution in [3.63, 3.8) is 0 Å². The van der Waals surface area contributed by atoms with Crippen molar-refractivity contribution in [2.24, 2.45) is 0 Å². The van der Waals surface area contributed by atoms with Gasteiger partial charge >= 0.3 is 5.97 Å². The Bertz CT molecular complexity index is 907. The van der Waals surface area contributed by atoms with Gasteiger partial charge in [0.05, 0.1) is 14.2 Å². The topological polar surface area (TPSA) is 65.1 Å². The Morgan fingerprint density at radius 1 is 1.00 bits per heavy atom. The van der Waals surface area contributed by atoms with E-state index in [4.69, 9.17) is 14.2 Å². The fourth-order valence-corrected chi connectivity index (χ4v) is 3.50. The largest absolute Gasteiger partial charge is 0.493 e. The average molecular weight is 409 g/mol. The molecule has 0 aromatic heterocycles. The quantitative estimate of drug-likeness (QED) is 0.625. The van der Waals surface area contributed by atoms with Crippen LogP contribution in [0.5, 0.6) is 11.5 Å². The highest BCUT2D eigenvalue weighted by molar-refractivity contribution is 5.82. The van der Waals surface area contributed by atoms with Gasteiger partial charge in [-0.25, -0.2) is 0 Å². The van der Waals surface area contributed by atoms with E-state index in [2.05, 4.69) is 18.2 Å². The summed E-state index contributed by atoms with van der Waals surface area (Å²) >= 11 is 0. The summed E-state index contributed by atoms with van der Waals surface area (Å²) in [6.07, 6.45) is 3.46. The molecule has 0 atom stereocenters. The second kappa shape index (κ2) is 10.5. The predicted octanol–water partition coefficient (Wildman–Crippen LogP) is 3.50. The van der Waals surface area contributed by atoms with Gasteiger partial charge in [-0.15, -0.1) is 0 Å². The van der Waals surface area contributed by atoms with Crippen LogP contribution in [0.25, 0.3) is 5.57 Å². The third-order valence-electron chi connectivity index (χ3n) is 5.15. The molecule has 0 aliphatic carbocycles. The molecule has 6 heteroatoms. The first-order valence-electron chi connectivity index (χ1n) is 10.00. The first-order valence-corrected chi connectivity index (χ1v) is 10.00. The molecule has 1 aliphatic rings. The van der Waals surface area contributed by atoms with E-state index in [1.165, 1.54) is 11.1 Å². The monoisotopic (exact) mass is 409 g/mol. The van der Waals surface area contributed by atoms with Gasteiger partial charge in [0.25, 0.3) is 5.91 Å². The van der Waals surface area contributed by atoms with Crippen molar-refractivity contribution in [1.29, 1.82) is 0 Å². The minimum absolute atomic E-state index is 0.162. The molecule has 1 heterocycles. The lowest BCUT2D eigenvalue weighted by Crippen LogP contribution is -2.37. The molecular formula is C24H27NO5. The van der Waals surface area contributed by atoms with Gasteiger partial charge in [-0.1, -0.05) is 48.5 Å². The van der Waals surface area contributed by atoms with Crippen LogP contribution < -0.4 is 9.47 Å². The van der Waals surface area contributed by atoms with Gasteiger partial charge in [-0.2, -0.15) is 0 Å². The lowest BCUT2D eigenvalue weighted by molar-refractivity contribution is -0.151. The zero-order chi connectivity index (χ0) is 21.3. The minimum Gasteiger partial charge on any atom is -0.493 e. The average Bonchev–Trinajstić information content (AvgIpc) is 2.81. The van der Waals surface area contributed by atoms with E-state index in [1.54, 1.807) is 25.2 Å². The van der Waals surface area contributed by atoms with E-state index in [9.17, 15) is 9.59 Å². The number of carbonyl (C=O) groups is 2. The highest BCUT2D eigenvalue weighted by Gasteiger charge is 2.19. The number of rotatable bonds is 8.